The molecule has 1 aliphatic heterocycles. The Morgan fingerprint density at radius 3 is 1.46 bits per heavy atom. The highest BCUT2D eigenvalue weighted by Crippen LogP contribution is 2.64. The lowest BCUT2D eigenvalue weighted by Crippen LogP contribution is -2.32. The molecule has 276 valence electrons. The van der Waals surface area contributed by atoms with Crippen LogP contribution in [0.5, 0.6) is 11.5 Å². The van der Waals surface area contributed by atoms with Crippen LogP contribution >= 0.6 is 0 Å². The Morgan fingerprint density at radius 1 is 0.305 bits per heavy atom. The van der Waals surface area contributed by atoms with Crippen molar-refractivity contribution in [2.24, 2.45) is 0 Å². The molecule has 0 aromatic heterocycles. The van der Waals surface area contributed by atoms with Gasteiger partial charge in [-0.05, 0) is 97.7 Å². The van der Waals surface area contributed by atoms with Gasteiger partial charge >= 0.3 is 0 Å². The van der Waals surface area contributed by atoms with Crippen LogP contribution in [0.2, 0.25) is 0 Å². The summed E-state index contributed by atoms with van der Waals surface area (Å²) in [5, 5.41) is 4.57. The second-order valence-electron chi connectivity index (χ2n) is 15.6. The quantitative estimate of drug-likeness (QED) is 0.174. The lowest BCUT2D eigenvalue weighted by Gasteiger charge is -2.40. The number of benzene rings is 10. The maximum Gasteiger partial charge on any atom is 0.140 e. The number of hydrogen-bond donors (Lipinski definition) is 0. The van der Waals surface area contributed by atoms with Crippen molar-refractivity contribution in [3.8, 4) is 44.9 Å². The SMILES string of the molecule is c1ccc(-c2cccc(N(c3ccccc3)c3cccc(-c4ccc5c(c4)C4(c6ccccc6-5)c5ccc6ccccc6c5Oc5c4ccc4ccccc54)c3)c2)cc1. The number of nitrogens with zero attached hydrogens (tertiary/aromatic N) is 1. The minimum absolute atomic E-state index is 0.607. The van der Waals surface area contributed by atoms with Gasteiger partial charge in [-0.2, -0.15) is 0 Å². The molecule has 0 unspecified atom stereocenters. The van der Waals surface area contributed by atoms with Crippen LogP contribution in [-0.4, -0.2) is 0 Å². The Morgan fingerprint density at radius 2 is 0.797 bits per heavy atom. The van der Waals surface area contributed by atoms with Gasteiger partial charge < -0.3 is 9.64 Å². The molecule has 0 N–H and O–H groups in total. The number of para-hydroxylation sites is 1. The zero-order chi connectivity index (χ0) is 38.9. The summed E-state index contributed by atoms with van der Waals surface area (Å²) in [6.07, 6.45) is 0. The predicted octanol–water partition coefficient (Wildman–Crippen LogP) is 15.3. The van der Waals surface area contributed by atoms with Crippen LogP contribution in [-0.2, 0) is 5.41 Å². The van der Waals surface area contributed by atoms with Crippen LogP contribution in [0.4, 0.5) is 17.1 Å². The van der Waals surface area contributed by atoms with E-state index in [1.165, 1.54) is 60.8 Å². The fourth-order valence-electron chi connectivity index (χ4n) is 9.89. The Labute approximate surface area is 343 Å². The lowest BCUT2D eigenvalue weighted by molar-refractivity contribution is 0.447. The fourth-order valence-corrected chi connectivity index (χ4v) is 9.89. The van der Waals surface area contributed by atoms with Gasteiger partial charge in [0.15, 0.2) is 0 Å². The molecule has 0 saturated carbocycles. The minimum atomic E-state index is -0.607. The van der Waals surface area contributed by atoms with Gasteiger partial charge in [0.2, 0.25) is 0 Å². The van der Waals surface area contributed by atoms with Gasteiger partial charge in [-0.25, -0.2) is 0 Å². The Balaban J connectivity index is 1.08. The summed E-state index contributed by atoms with van der Waals surface area (Å²) in [5.41, 5.74) is 14.8. The highest BCUT2D eigenvalue weighted by atomic mass is 16.5. The van der Waals surface area contributed by atoms with Gasteiger partial charge in [0.25, 0.3) is 0 Å². The average Bonchev–Trinajstić information content (AvgIpc) is 3.59. The summed E-state index contributed by atoms with van der Waals surface area (Å²) in [4.78, 5) is 2.36. The Kier molecular flexibility index (Phi) is 7.48. The third-order valence-corrected chi connectivity index (χ3v) is 12.5. The molecule has 0 bridgehead atoms. The highest BCUT2D eigenvalue weighted by Gasteiger charge is 2.51. The molecule has 10 aromatic carbocycles. The maximum absolute atomic E-state index is 7.19. The molecule has 12 rings (SSSR count). The van der Waals surface area contributed by atoms with E-state index < -0.39 is 5.41 Å². The van der Waals surface area contributed by atoms with E-state index in [1.807, 2.05) is 0 Å². The van der Waals surface area contributed by atoms with Crippen molar-refractivity contribution in [1.82, 2.24) is 0 Å². The average molecular weight is 752 g/mol. The third-order valence-electron chi connectivity index (χ3n) is 12.5. The van der Waals surface area contributed by atoms with E-state index in [4.69, 9.17) is 4.74 Å². The molecule has 59 heavy (non-hydrogen) atoms. The van der Waals surface area contributed by atoms with Crippen LogP contribution in [0.15, 0.2) is 224 Å². The van der Waals surface area contributed by atoms with Crippen molar-refractivity contribution in [2.45, 2.75) is 5.41 Å². The normalized spacial score (nSPS) is 13.0. The molecule has 10 aromatic rings. The number of anilines is 3. The fraction of sp³-hybridized carbons (Fsp3) is 0.0175. The van der Waals surface area contributed by atoms with Crippen LogP contribution in [0.3, 0.4) is 0 Å². The molecule has 0 fully saturated rings. The summed E-state index contributed by atoms with van der Waals surface area (Å²) in [6.45, 7) is 0. The number of hydrogen-bond acceptors (Lipinski definition) is 2. The summed E-state index contributed by atoms with van der Waals surface area (Å²) in [7, 11) is 0. The maximum atomic E-state index is 7.19. The standard InChI is InChI=1S/C57H37NO/c1-3-15-38(16-4-1)41-19-13-23-45(35-41)58(44-21-5-2-6-22-44)46-24-14-20-42(36-46)43-29-32-50-49-27-11-12-28-51(49)57(54(50)37-43)52-33-30-39-17-7-9-25-47(39)55(52)59-56-48-26-10-8-18-40(48)31-34-53(56)57/h1-37H. The van der Waals surface area contributed by atoms with E-state index in [1.54, 1.807) is 0 Å². The van der Waals surface area contributed by atoms with Gasteiger partial charge in [-0.3, -0.25) is 0 Å². The largest absolute Gasteiger partial charge is 0.455 e. The van der Waals surface area contributed by atoms with E-state index in [9.17, 15) is 0 Å². The lowest BCUT2D eigenvalue weighted by atomic mass is 9.65. The molecule has 2 aliphatic rings. The Hall–Kier alpha value is -7.68. The predicted molar refractivity (Wildman–Crippen MR) is 244 cm³/mol. The molecule has 2 nitrogen and oxygen atoms in total. The first kappa shape index (κ1) is 33.5. The Bertz CT molecular complexity index is 3170. The van der Waals surface area contributed by atoms with Crippen LogP contribution in [0.1, 0.15) is 22.3 Å². The van der Waals surface area contributed by atoms with Gasteiger partial charge in [0.05, 0.1) is 5.41 Å². The van der Waals surface area contributed by atoms with Crippen molar-refractivity contribution in [3.63, 3.8) is 0 Å². The van der Waals surface area contributed by atoms with E-state index in [2.05, 4.69) is 229 Å². The minimum Gasteiger partial charge on any atom is -0.455 e. The molecule has 0 radical (unpaired) electrons. The second kappa shape index (κ2) is 13.2. The zero-order valence-corrected chi connectivity index (χ0v) is 32.2. The number of ether oxygens (including phenoxy) is 1. The summed E-state index contributed by atoms with van der Waals surface area (Å²) >= 11 is 0. The first-order valence-corrected chi connectivity index (χ1v) is 20.3. The first-order chi connectivity index (χ1) is 29.3. The second-order valence-corrected chi connectivity index (χ2v) is 15.6. The third kappa shape index (κ3) is 5.06. The number of fused-ring (bicyclic) bond motifs is 13. The molecular formula is C57H37NO. The van der Waals surface area contributed by atoms with Gasteiger partial charge in [0, 0.05) is 39.0 Å². The smallest absolute Gasteiger partial charge is 0.140 e. The zero-order valence-electron chi connectivity index (χ0n) is 32.2. The van der Waals surface area contributed by atoms with Crippen molar-refractivity contribution in [1.29, 1.82) is 0 Å². The van der Waals surface area contributed by atoms with Crippen LogP contribution in [0, 0.1) is 0 Å². The molecule has 1 heterocycles. The first-order valence-electron chi connectivity index (χ1n) is 20.3. The molecule has 1 aliphatic carbocycles. The van der Waals surface area contributed by atoms with E-state index in [-0.39, 0.29) is 0 Å². The van der Waals surface area contributed by atoms with E-state index in [0.29, 0.717) is 0 Å². The van der Waals surface area contributed by atoms with E-state index >= 15 is 0 Å². The molecule has 1 spiro atoms. The number of rotatable bonds is 5. The molecule has 0 amide bonds. The van der Waals surface area contributed by atoms with Crippen molar-refractivity contribution in [3.05, 3.63) is 247 Å². The van der Waals surface area contributed by atoms with Crippen LogP contribution in [0.25, 0.3) is 54.9 Å². The summed E-state index contributed by atoms with van der Waals surface area (Å²) in [5.74, 6) is 1.86. The van der Waals surface area contributed by atoms with Crippen molar-refractivity contribution >= 4 is 38.6 Å². The molecular weight excluding hydrogens is 715 g/mol. The summed E-state index contributed by atoms with van der Waals surface area (Å²) < 4.78 is 7.19. The topological polar surface area (TPSA) is 12.5 Å². The monoisotopic (exact) mass is 751 g/mol. The van der Waals surface area contributed by atoms with E-state index in [0.717, 1.165) is 44.9 Å². The molecule has 0 atom stereocenters. The van der Waals surface area contributed by atoms with Gasteiger partial charge in [-0.15, -0.1) is 0 Å². The molecule has 2 heteroatoms. The van der Waals surface area contributed by atoms with Gasteiger partial charge in [0.1, 0.15) is 11.5 Å². The van der Waals surface area contributed by atoms with Crippen molar-refractivity contribution < 1.29 is 4.74 Å². The van der Waals surface area contributed by atoms with Crippen molar-refractivity contribution in [2.75, 3.05) is 4.90 Å². The molecule has 0 saturated heterocycles. The van der Waals surface area contributed by atoms with Crippen LogP contribution < -0.4 is 9.64 Å². The highest BCUT2D eigenvalue weighted by molar-refractivity contribution is 6.00. The van der Waals surface area contributed by atoms with Gasteiger partial charge in [-0.1, -0.05) is 182 Å². The summed E-state index contributed by atoms with van der Waals surface area (Å²) in [6, 6.07) is 81.6.